The third-order valence-corrected chi connectivity index (χ3v) is 4.72. The molecule has 3 rings (SSSR count). The predicted octanol–water partition coefficient (Wildman–Crippen LogP) is -7.49. The second-order valence-corrected chi connectivity index (χ2v) is 7.14. The van der Waals surface area contributed by atoms with Gasteiger partial charge in [-0.05, 0) is 25.5 Å². The molecule has 9 nitrogen and oxygen atoms in total. The monoisotopic (exact) mass is 371 g/mol. The molecule has 1 aliphatic heterocycles. The third-order valence-electron chi connectivity index (χ3n) is 3.98. The maximum atomic E-state index is 11.6. The van der Waals surface area contributed by atoms with Gasteiger partial charge in [0, 0.05) is 19.1 Å². The van der Waals surface area contributed by atoms with Gasteiger partial charge in [0.15, 0.2) is 11.2 Å². The molecule has 24 heavy (non-hydrogen) atoms. The minimum atomic E-state index is -4.48. The van der Waals surface area contributed by atoms with Gasteiger partial charge in [-0.3, -0.25) is 9.69 Å². The molecular weight excluding hydrogens is 355 g/mol. The number of rotatable bonds is 5. The van der Waals surface area contributed by atoms with Gasteiger partial charge in [0.25, 0.3) is 5.56 Å². The molecule has 1 saturated heterocycles. The zero-order valence-corrected chi connectivity index (χ0v) is 18.7. The van der Waals surface area contributed by atoms with Gasteiger partial charge in [-0.25, -0.2) is 9.97 Å². The van der Waals surface area contributed by atoms with Crippen LogP contribution in [-0.4, -0.2) is 49.7 Å². The van der Waals surface area contributed by atoms with Crippen LogP contribution in [0.3, 0.4) is 0 Å². The summed E-state index contributed by atoms with van der Waals surface area (Å²) in [5, 5.41) is 0. The first-order valence-electron chi connectivity index (χ1n) is 7.08. The summed E-state index contributed by atoms with van der Waals surface area (Å²) in [6.07, 6.45) is 4.40. The fourth-order valence-electron chi connectivity index (χ4n) is 2.90. The molecule has 0 amide bonds. The van der Waals surface area contributed by atoms with Gasteiger partial charge in [0.05, 0.1) is 12.7 Å². The molecule has 12 heteroatoms. The number of likely N-dealkylation sites (tertiary alicyclic amines) is 1. The van der Waals surface area contributed by atoms with Crippen LogP contribution in [0.4, 0.5) is 0 Å². The van der Waals surface area contributed by atoms with Crippen LogP contribution in [-0.2, 0) is 11.1 Å². The molecule has 0 unspecified atom stereocenters. The summed E-state index contributed by atoms with van der Waals surface area (Å²) < 4.78 is 12.6. The molecule has 1 aliphatic rings. The predicted molar refractivity (Wildman–Crippen MR) is 75.2 cm³/mol. The van der Waals surface area contributed by atoms with Crippen LogP contribution in [0.2, 0.25) is 0 Å². The minimum Gasteiger partial charge on any atom is -0.811 e. The van der Waals surface area contributed by atoms with Crippen molar-refractivity contribution in [1.29, 1.82) is 0 Å². The van der Waals surface area contributed by atoms with E-state index in [1.807, 2.05) is 4.90 Å². The molecule has 0 bridgehead atoms. The Kier molecular flexibility index (Phi) is 8.82. The third kappa shape index (κ3) is 5.48. The second kappa shape index (κ2) is 9.41. The van der Waals surface area contributed by atoms with E-state index in [9.17, 15) is 19.1 Å². The van der Waals surface area contributed by atoms with E-state index < -0.39 is 7.60 Å². The van der Waals surface area contributed by atoms with Gasteiger partial charge in [0.1, 0.15) is 0 Å². The Morgan fingerprint density at radius 3 is 2.79 bits per heavy atom. The molecule has 2 aromatic rings. The Morgan fingerprint density at radius 2 is 2.08 bits per heavy atom. The molecule has 120 valence electrons. The Morgan fingerprint density at radius 1 is 1.33 bits per heavy atom. The van der Waals surface area contributed by atoms with Crippen LogP contribution in [0.15, 0.2) is 17.4 Å². The topological polar surface area (TPSA) is 130 Å². The average Bonchev–Trinajstić information content (AvgIpc) is 3.05. The van der Waals surface area contributed by atoms with Gasteiger partial charge in [-0.15, -0.1) is 0 Å². The summed E-state index contributed by atoms with van der Waals surface area (Å²) in [6.45, 7) is 1.58. The van der Waals surface area contributed by atoms with Crippen molar-refractivity contribution in [2.45, 2.75) is 25.4 Å². The zero-order valence-electron chi connectivity index (χ0n) is 13.8. The maximum Gasteiger partial charge on any atom is 1.00 e. The summed E-state index contributed by atoms with van der Waals surface area (Å²) in [6, 6.07) is 0.116. The first kappa shape index (κ1) is 22.5. The number of hydrogen-bond acceptors (Lipinski definition) is 7. The first-order valence-corrected chi connectivity index (χ1v) is 8.80. The molecule has 0 radical (unpaired) electrons. The van der Waals surface area contributed by atoms with Crippen LogP contribution in [0.25, 0.3) is 11.2 Å². The molecule has 1 atom stereocenters. The van der Waals surface area contributed by atoms with Crippen LogP contribution in [0.5, 0.6) is 0 Å². The van der Waals surface area contributed by atoms with Crippen molar-refractivity contribution in [3.8, 4) is 0 Å². The van der Waals surface area contributed by atoms with Crippen molar-refractivity contribution in [2.24, 2.45) is 0 Å². The SMILES string of the molecule is O=c1[nH]cnc2c1ncn2C[C@@H]1CCCN1CCP(=O)([O-])[O-].[Na+].[Na+]. The standard InChI is InChI=1S/C12H18N5O4P.2Na/c18-12-10-11(13-7-14-12)17(8-15-10)6-9-2-1-3-16(9)4-5-22(19,20)21;;/h7-9H,1-6H2,(H,13,14,18)(H2,19,20,21);;/q;2*+1/p-2/t9-;;/m0../s1. The van der Waals surface area contributed by atoms with Crippen molar-refractivity contribution in [2.75, 3.05) is 19.3 Å². The summed E-state index contributed by atoms with van der Waals surface area (Å²) in [5.74, 6) is 0. The van der Waals surface area contributed by atoms with Crippen molar-refractivity contribution in [3.05, 3.63) is 23.0 Å². The molecule has 3 heterocycles. The van der Waals surface area contributed by atoms with Gasteiger partial charge >= 0.3 is 59.1 Å². The Balaban J connectivity index is 0.00000144. The molecule has 0 aromatic carbocycles. The van der Waals surface area contributed by atoms with Crippen molar-refractivity contribution in [3.63, 3.8) is 0 Å². The summed E-state index contributed by atoms with van der Waals surface area (Å²) in [5.41, 5.74) is 0.510. The Hall–Kier alpha value is 0.460. The van der Waals surface area contributed by atoms with Gasteiger partial charge < -0.3 is 23.9 Å². The maximum absolute atomic E-state index is 11.6. The number of imidazole rings is 1. The fourth-order valence-corrected chi connectivity index (χ4v) is 3.40. The number of H-pyrrole nitrogens is 1. The second-order valence-electron chi connectivity index (χ2n) is 5.47. The zero-order chi connectivity index (χ0) is 15.7. The summed E-state index contributed by atoms with van der Waals surface area (Å²) >= 11 is 0. The molecule has 0 aliphatic carbocycles. The van der Waals surface area contributed by atoms with Crippen LogP contribution < -0.4 is 74.5 Å². The van der Waals surface area contributed by atoms with E-state index >= 15 is 0 Å². The minimum absolute atomic E-state index is 0. The van der Waals surface area contributed by atoms with Crippen LogP contribution in [0, 0.1) is 0 Å². The number of aromatic nitrogens is 4. The van der Waals surface area contributed by atoms with Crippen molar-refractivity contribution in [1.82, 2.24) is 24.4 Å². The van der Waals surface area contributed by atoms with E-state index in [2.05, 4.69) is 15.0 Å². The summed E-state index contributed by atoms with van der Waals surface area (Å²) in [7, 11) is -4.48. The van der Waals surface area contributed by atoms with E-state index in [0.717, 1.165) is 19.4 Å². The van der Waals surface area contributed by atoms with E-state index in [1.165, 1.54) is 6.33 Å². The average molecular weight is 371 g/mol. The van der Waals surface area contributed by atoms with E-state index in [-0.39, 0.29) is 88.9 Å². The number of nitrogens with one attached hydrogen (secondary N) is 1. The molecule has 2 aromatic heterocycles. The van der Waals surface area contributed by atoms with Gasteiger partial charge in [-0.2, -0.15) is 0 Å². The van der Waals surface area contributed by atoms with E-state index in [1.54, 1.807) is 10.9 Å². The van der Waals surface area contributed by atoms with Gasteiger partial charge in [-0.1, -0.05) is 7.60 Å². The van der Waals surface area contributed by atoms with Crippen molar-refractivity contribution >= 4 is 18.8 Å². The molecule has 0 saturated carbocycles. The fraction of sp³-hybridized carbons (Fsp3) is 0.583. The summed E-state index contributed by atoms with van der Waals surface area (Å²) in [4.78, 5) is 45.9. The van der Waals surface area contributed by atoms with E-state index in [0.29, 0.717) is 12.2 Å². The quantitative estimate of drug-likeness (QED) is 0.408. The number of hydrogen-bond donors (Lipinski definition) is 1. The Labute approximate surface area is 183 Å². The molecular formula is C12H16N5Na2O4P. The molecule has 1 fully saturated rings. The molecule has 1 N–H and O–H groups in total. The first-order chi connectivity index (χ1) is 10.4. The largest absolute Gasteiger partial charge is 1.00 e. The number of nitrogens with zero attached hydrogens (tertiary/aromatic N) is 4. The molecule has 0 spiro atoms. The number of aromatic amines is 1. The van der Waals surface area contributed by atoms with Crippen molar-refractivity contribution < 1.29 is 73.5 Å². The normalized spacial score (nSPS) is 18.3. The van der Waals surface area contributed by atoms with E-state index in [4.69, 9.17) is 0 Å². The smallest absolute Gasteiger partial charge is 0.811 e. The Bertz CT molecular complexity index is 776. The van der Waals surface area contributed by atoms with Gasteiger partial charge in [0.2, 0.25) is 0 Å². The number of fused-ring (bicyclic) bond motifs is 1. The van der Waals surface area contributed by atoms with Crippen LogP contribution >= 0.6 is 7.60 Å². The van der Waals surface area contributed by atoms with Crippen LogP contribution in [0.1, 0.15) is 12.8 Å².